The number of nitro groups is 1. The van der Waals surface area contributed by atoms with E-state index in [1.54, 1.807) is 6.92 Å². The van der Waals surface area contributed by atoms with Crippen LogP contribution in [0.3, 0.4) is 0 Å². The molecule has 0 fully saturated rings. The van der Waals surface area contributed by atoms with Gasteiger partial charge in [0.25, 0.3) is 5.91 Å². The predicted octanol–water partition coefficient (Wildman–Crippen LogP) is 1.76. The Morgan fingerprint density at radius 1 is 1.27 bits per heavy atom. The number of nitro benzene ring substituents is 1. The monoisotopic (exact) mass is 432 g/mol. The molecular weight excluding hydrogens is 416 g/mol. The molecule has 1 heterocycles. The van der Waals surface area contributed by atoms with Crippen LogP contribution >= 0.6 is 0 Å². The second-order valence-electron chi connectivity index (χ2n) is 6.25. The largest absolute Gasteiger partial charge is 0.500 e. The molecule has 3 N–H and O–H groups in total. The number of hydrogen-bond acceptors (Lipinski definition) is 8. The third kappa shape index (κ3) is 3.86. The lowest BCUT2D eigenvalue weighted by molar-refractivity contribution is -0.386. The fraction of sp³-hybridized carbons (Fsp3) is 0.111. The second-order valence-corrected chi connectivity index (χ2v) is 7.81. The molecule has 0 aliphatic carbocycles. The summed E-state index contributed by atoms with van der Waals surface area (Å²) in [7, 11) is -2.63. The smallest absolute Gasteiger partial charge is 0.315 e. The van der Waals surface area contributed by atoms with E-state index in [1.807, 2.05) is 0 Å². The van der Waals surface area contributed by atoms with E-state index in [0.717, 1.165) is 11.1 Å². The van der Waals surface area contributed by atoms with Crippen LogP contribution in [0.4, 0.5) is 11.4 Å². The van der Waals surface area contributed by atoms with Gasteiger partial charge in [-0.15, -0.1) is 0 Å². The number of carbonyl (C=O) groups is 1. The topological polar surface area (TPSA) is 165 Å². The van der Waals surface area contributed by atoms with Gasteiger partial charge in [0.2, 0.25) is 15.8 Å². The Morgan fingerprint density at radius 3 is 2.43 bits per heavy atom. The van der Waals surface area contributed by atoms with E-state index in [-0.39, 0.29) is 21.8 Å². The number of carbonyl (C=O) groups excluding carboxylic acids is 1. The van der Waals surface area contributed by atoms with Crippen LogP contribution in [-0.2, 0) is 14.8 Å². The highest BCUT2D eigenvalue weighted by Gasteiger charge is 2.29. The summed E-state index contributed by atoms with van der Waals surface area (Å²) in [6.07, 6.45) is 1.38. The molecule has 1 aliphatic rings. The van der Waals surface area contributed by atoms with E-state index in [4.69, 9.17) is 9.88 Å². The van der Waals surface area contributed by atoms with Crippen LogP contribution in [0.25, 0.3) is 6.08 Å². The minimum atomic E-state index is -3.88. The molecule has 0 radical (unpaired) electrons. The maximum atomic E-state index is 12.8. The second kappa shape index (κ2) is 7.57. The summed E-state index contributed by atoms with van der Waals surface area (Å²) in [6.45, 7) is 1.58. The van der Waals surface area contributed by atoms with Gasteiger partial charge in [0.05, 0.1) is 33.9 Å². The predicted molar refractivity (Wildman–Crippen MR) is 108 cm³/mol. The third-order valence-corrected chi connectivity index (χ3v) is 5.21. The minimum Gasteiger partial charge on any atom is -0.500 e. The van der Waals surface area contributed by atoms with E-state index in [0.29, 0.717) is 11.4 Å². The van der Waals surface area contributed by atoms with Crippen molar-refractivity contribution in [2.45, 2.75) is 11.8 Å². The molecule has 3 rings (SSSR count). The molecule has 12 heteroatoms. The SMILES string of the molecule is COc1cc(C=C2C(=O)N(c3ccc(S(N)(=O)=O)cc3)N=C2C)cc([N+](=O)[O-])c1O. The van der Waals surface area contributed by atoms with Crippen LogP contribution in [-0.4, -0.2) is 37.2 Å². The fourth-order valence-electron chi connectivity index (χ4n) is 2.79. The van der Waals surface area contributed by atoms with E-state index in [2.05, 4.69) is 5.10 Å². The van der Waals surface area contributed by atoms with Gasteiger partial charge >= 0.3 is 5.69 Å². The van der Waals surface area contributed by atoms with Gasteiger partial charge in [0.1, 0.15) is 0 Å². The van der Waals surface area contributed by atoms with Gasteiger partial charge in [-0.2, -0.15) is 10.1 Å². The van der Waals surface area contributed by atoms with Crippen molar-refractivity contribution >= 4 is 39.1 Å². The third-order valence-electron chi connectivity index (χ3n) is 4.28. The highest BCUT2D eigenvalue weighted by Crippen LogP contribution is 2.38. The number of amides is 1. The molecule has 0 unspecified atom stereocenters. The number of primary sulfonamides is 1. The van der Waals surface area contributed by atoms with Crippen LogP contribution < -0.4 is 14.9 Å². The van der Waals surface area contributed by atoms with Crippen molar-refractivity contribution in [3.63, 3.8) is 0 Å². The molecule has 0 bridgehead atoms. The van der Waals surface area contributed by atoms with Gasteiger partial charge in [0.15, 0.2) is 5.75 Å². The Morgan fingerprint density at radius 2 is 1.90 bits per heavy atom. The molecule has 2 aromatic carbocycles. The van der Waals surface area contributed by atoms with Crippen molar-refractivity contribution in [3.05, 3.63) is 57.6 Å². The normalized spacial score (nSPS) is 15.4. The lowest BCUT2D eigenvalue weighted by Gasteiger charge is -2.12. The summed E-state index contributed by atoms with van der Waals surface area (Å²) in [5, 5.41) is 31.3. The molecule has 0 saturated carbocycles. The number of benzene rings is 2. The number of ether oxygens (including phenoxy) is 1. The minimum absolute atomic E-state index is 0.113. The number of anilines is 1. The zero-order chi connectivity index (χ0) is 22.2. The number of nitrogens with zero attached hydrogens (tertiary/aromatic N) is 3. The number of sulfonamides is 1. The molecule has 1 aliphatic heterocycles. The van der Waals surface area contributed by atoms with Crippen molar-refractivity contribution in [3.8, 4) is 11.5 Å². The molecule has 30 heavy (non-hydrogen) atoms. The van der Waals surface area contributed by atoms with Crippen molar-refractivity contribution in [1.82, 2.24) is 0 Å². The molecule has 0 atom stereocenters. The maximum Gasteiger partial charge on any atom is 0.315 e. The van der Waals surface area contributed by atoms with Gasteiger partial charge in [0, 0.05) is 6.07 Å². The standard InChI is InChI=1S/C18H16N4O7S/c1-10-14(7-11-8-15(22(25)26)17(23)16(9-11)29-2)18(24)21(20-10)12-3-5-13(6-4-12)30(19,27)28/h3-9,23H,1-2H3,(H2,19,27,28). The Bertz CT molecular complexity index is 1220. The highest BCUT2D eigenvalue weighted by molar-refractivity contribution is 7.89. The first-order valence-corrected chi connectivity index (χ1v) is 9.87. The lowest BCUT2D eigenvalue weighted by atomic mass is 10.1. The first kappa shape index (κ1) is 21.0. The van der Waals surface area contributed by atoms with Crippen LogP contribution in [0.2, 0.25) is 0 Å². The number of hydrogen-bond donors (Lipinski definition) is 2. The van der Waals surface area contributed by atoms with Gasteiger partial charge in [-0.1, -0.05) is 0 Å². The molecule has 0 saturated heterocycles. The van der Waals surface area contributed by atoms with Crippen molar-refractivity contribution in [2.75, 3.05) is 12.1 Å². The van der Waals surface area contributed by atoms with E-state index in [9.17, 15) is 28.4 Å². The Labute approximate surface area is 170 Å². The number of rotatable bonds is 5. The molecule has 0 spiro atoms. The molecule has 0 aromatic heterocycles. The van der Waals surface area contributed by atoms with Crippen LogP contribution in [0.15, 0.2) is 52.0 Å². The highest BCUT2D eigenvalue weighted by atomic mass is 32.2. The first-order chi connectivity index (χ1) is 14.0. The van der Waals surface area contributed by atoms with Crippen molar-refractivity contribution in [1.29, 1.82) is 0 Å². The summed E-state index contributed by atoms with van der Waals surface area (Å²) < 4.78 is 27.7. The molecule has 2 aromatic rings. The Hall–Kier alpha value is -3.77. The van der Waals surface area contributed by atoms with Gasteiger partial charge in [-0.3, -0.25) is 14.9 Å². The van der Waals surface area contributed by atoms with Gasteiger partial charge in [-0.05, 0) is 48.9 Å². The summed E-state index contributed by atoms with van der Waals surface area (Å²) in [5.74, 6) is -1.26. The van der Waals surface area contributed by atoms with Crippen LogP contribution in [0.1, 0.15) is 12.5 Å². The zero-order valence-electron chi connectivity index (χ0n) is 15.8. The number of nitrogens with two attached hydrogens (primary N) is 1. The number of aromatic hydroxyl groups is 1. The molecule has 11 nitrogen and oxygen atoms in total. The number of phenols is 1. The van der Waals surface area contributed by atoms with Crippen molar-refractivity contribution in [2.24, 2.45) is 10.2 Å². The lowest BCUT2D eigenvalue weighted by Crippen LogP contribution is -2.21. The summed E-state index contributed by atoms with van der Waals surface area (Å²) >= 11 is 0. The van der Waals surface area contributed by atoms with Crippen LogP contribution in [0, 0.1) is 10.1 Å². The Kier molecular flexibility index (Phi) is 5.29. The first-order valence-electron chi connectivity index (χ1n) is 8.33. The fourth-order valence-corrected chi connectivity index (χ4v) is 3.31. The zero-order valence-corrected chi connectivity index (χ0v) is 16.6. The average molecular weight is 432 g/mol. The van der Waals surface area contributed by atoms with Gasteiger partial charge in [-0.25, -0.2) is 13.6 Å². The number of hydrazone groups is 1. The number of phenolic OH excluding ortho intramolecular Hbond substituents is 1. The maximum absolute atomic E-state index is 12.8. The number of methoxy groups -OCH3 is 1. The van der Waals surface area contributed by atoms with E-state index in [1.165, 1.54) is 43.5 Å². The van der Waals surface area contributed by atoms with Gasteiger partial charge < -0.3 is 9.84 Å². The Balaban J connectivity index is 1.99. The molecule has 1 amide bonds. The van der Waals surface area contributed by atoms with E-state index < -0.39 is 32.3 Å². The molecule has 156 valence electrons. The van der Waals surface area contributed by atoms with Crippen molar-refractivity contribution < 1.29 is 28.0 Å². The summed E-state index contributed by atoms with van der Waals surface area (Å²) in [4.78, 5) is 23.1. The van der Waals surface area contributed by atoms with Crippen LogP contribution in [0.5, 0.6) is 11.5 Å². The summed E-state index contributed by atoms with van der Waals surface area (Å²) in [6, 6.07) is 7.71. The van der Waals surface area contributed by atoms with E-state index >= 15 is 0 Å². The summed E-state index contributed by atoms with van der Waals surface area (Å²) in [5.41, 5.74) is 0.486. The average Bonchev–Trinajstić information content (AvgIpc) is 2.96. The quantitative estimate of drug-likeness (QED) is 0.412. The molecular formula is C18H16N4O7S.